The molecule has 5 nitrogen and oxygen atoms in total. The van der Waals surface area contributed by atoms with Crippen molar-refractivity contribution in [1.29, 1.82) is 0 Å². The van der Waals surface area contributed by atoms with E-state index in [0.717, 1.165) is 0 Å². The van der Waals surface area contributed by atoms with Crippen molar-refractivity contribution in [1.82, 2.24) is 4.98 Å². The molecule has 1 aromatic carbocycles. The van der Waals surface area contributed by atoms with Crippen LogP contribution in [0.2, 0.25) is 5.02 Å². The van der Waals surface area contributed by atoms with Crippen LogP contribution >= 0.6 is 11.6 Å². The van der Waals surface area contributed by atoms with Crippen LogP contribution in [0.1, 0.15) is 17.3 Å². The predicted molar refractivity (Wildman–Crippen MR) is 78.3 cm³/mol. The number of aromatic nitrogens is 1. The lowest BCUT2D eigenvalue weighted by molar-refractivity contribution is 0.101. The third kappa shape index (κ3) is 3.55. The fourth-order valence-electron chi connectivity index (χ4n) is 1.56. The van der Waals surface area contributed by atoms with E-state index >= 15 is 0 Å². The molecule has 0 saturated carbocycles. The first-order chi connectivity index (χ1) is 9.56. The van der Waals surface area contributed by atoms with E-state index < -0.39 is 6.03 Å². The SMILES string of the molecule is CC(=O)c1cccc(NC(=O)Nc2ncccc2Cl)c1. The number of halogens is 1. The number of nitrogens with zero attached hydrogens (tertiary/aromatic N) is 1. The van der Waals surface area contributed by atoms with Gasteiger partial charge in [-0.1, -0.05) is 23.7 Å². The number of pyridine rings is 1. The molecule has 0 aliphatic rings. The molecule has 0 aliphatic carbocycles. The Labute approximate surface area is 121 Å². The lowest BCUT2D eigenvalue weighted by Gasteiger charge is -2.08. The fourth-order valence-corrected chi connectivity index (χ4v) is 1.73. The molecule has 2 rings (SSSR count). The van der Waals surface area contributed by atoms with Crippen LogP contribution in [-0.4, -0.2) is 16.8 Å². The number of carbonyl (C=O) groups is 2. The number of hydrogen-bond donors (Lipinski definition) is 2. The minimum absolute atomic E-state index is 0.0678. The van der Waals surface area contributed by atoms with Crippen molar-refractivity contribution in [2.45, 2.75) is 6.92 Å². The van der Waals surface area contributed by atoms with E-state index in [1.54, 1.807) is 36.4 Å². The first kappa shape index (κ1) is 14.0. The number of amides is 2. The lowest BCUT2D eigenvalue weighted by atomic mass is 10.1. The highest BCUT2D eigenvalue weighted by Gasteiger charge is 2.07. The second-order valence-corrected chi connectivity index (χ2v) is 4.46. The van der Waals surface area contributed by atoms with Gasteiger partial charge in [-0.25, -0.2) is 9.78 Å². The minimum Gasteiger partial charge on any atom is -0.308 e. The number of hydrogen-bond acceptors (Lipinski definition) is 3. The van der Waals surface area contributed by atoms with Crippen LogP contribution in [-0.2, 0) is 0 Å². The summed E-state index contributed by atoms with van der Waals surface area (Å²) in [5.41, 5.74) is 1.04. The quantitative estimate of drug-likeness (QED) is 0.848. The zero-order chi connectivity index (χ0) is 14.5. The molecule has 1 heterocycles. The highest BCUT2D eigenvalue weighted by molar-refractivity contribution is 6.33. The molecule has 0 aliphatic heterocycles. The Bertz CT molecular complexity index is 658. The molecule has 102 valence electrons. The van der Waals surface area contributed by atoms with Crippen molar-refractivity contribution in [2.24, 2.45) is 0 Å². The van der Waals surface area contributed by atoms with Gasteiger partial charge in [-0.05, 0) is 31.2 Å². The maximum Gasteiger partial charge on any atom is 0.324 e. The average molecular weight is 290 g/mol. The summed E-state index contributed by atoms with van der Waals surface area (Å²) < 4.78 is 0. The summed E-state index contributed by atoms with van der Waals surface area (Å²) in [5, 5.41) is 5.49. The summed E-state index contributed by atoms with van der Waals surface area (Å²) >= 11 is 5.89. The first-order valence-corrected chi connectivity index (χ1v) is 6.23. The number of nitrogens with one attached hydrogen (secondary N) is 2. The largest absolute Gasteiger partial charge is 0.324 e. The van der Waals surface area contributed by atoms with E-state index in [1.807, 2.05) is 0 Å². The third-order valence-electron chi connectivity index (χ3n) is 2.52. The molecule has 0 fully saturated rings. The number of rotatable bonds is 3. The van der Waals surface area contributed by atoms with Gasteiger partial charge in [-0.2, -0.15) is 0 Å². The Morgan fingerprint density at radius 1 is 1.15 bits per heavy atom. The second kappa shape index (κ2) is 6.16. The molecule has 0 atom stereocenters. The predicted octanol–water partition coefficient (Wildman–Crippen LogP) is 3.58. The van der Waals surface area contributed by atoms with Gasteiger partial charge in [0.05, 0.1) is 5.02 Å². The first-order valence-electron chi connectivity index (χ1n) is 5.86. The number of anilines is 2. The van der Waals surface area contributed by atoms with E-state index in [2.05, 4.69) is 15.6 Å². The number of urea groups is 1. The van der Waals surface area contributed by atoms with Crippen molar-refractivity contribution in [3.05, 3.63) is 53.2 Å². The molecule has 0 spiro atoms. The van der Waals surface area contributed by atoms with Gasteiger partial charge in [0.1, 0.15) is 0 Å². The van der Waals surface area contributed by atoms with Gasteiger partial charge in [0.15, 0.2) is 11.6 Å². The van der Waals surface area contributed by atoms with Crippen LogP contribution in [0.4, 0.5) is 16.3 Å². The average Bonchev–Trinajstić information content (AvgIpc) is 2.41. The molecule has 2 amide bonds. The molecule has 0 saturated heterocycles. The summed E-state index contributed by atoms with van der Waals surface area (Å²) in [6, 6.07) is 9.48. The third-order valence-corrected chi connectivity index (χ3v) is 2.82. The number of Topliss-reactive ketones (excluding diaryl/α,β-unsaturated/α-hetero) is 1. The molecule has 20 heavy (non-hydrogen) atoms. The summed E-state index contributed by atoms with van der Waals surface area (Å²) in [6.07, 6.45) is 1.53. The lowest BCUT2D eigenvalue weighted by Crippen LogP contribution is -2.20. The van der Waals surface area contributed by atoms with Crippen molar-refractivity contribution in [3.8, 4) is 0 Å². The van der Waals surface area contributed by atoms with E-state index in [4.69, 9.17) is 11.6 Å². The minimum atomic E-state index is -0.480. The summed E-state index contributed by atoms with van der Waals surface area (Å²) in [4.78, 5) is 27.0. The van der Waals surface area contributed by atoms with Crippen LogP contribution in [0.15, 0.2) is 42.6 Å². The normalized spacial score (nSPS) is 9.90. The van der Waals surface area contributed by atoms with Gasteiger partial charge in [-0.3, -0.25) is 10.1 Å². The van der Waals surface area contributed by atoms with E-state index in [0.29, 0.717) is 16.3 Å². The van der Waals surface area contributed by atoms with Crippen LogP contribution < -0.4 is 10.6 Å². The number of carbonyl (C=O) groups excluding carboxylic acids is 2. The molecule has 0 radical (unpaired) electrons. The van der Waals surface area contributed by atoms with Crippen molar-refractivity contribution in [3.63, 3.8) is 0 Å². The molecular weight excluding hydrogens is 278 g/mol. The zero-order valence-corrected chi connectivity index (χ0v) is 11.4. The Morgan fingerprint density at radius 2 is 1.95 bits per heavy atom. The van der Waals surface area contributed by atoms with E-state index in [-0.39, 0.29) is 11.6 Å². The molecule has 6 heteroatoms. The Morgan fingerprint density at radius 3 is 2.65 bits per heavy atom. The maximum atomic E-state index is 11.8. The summed E-state index contributed by atoms with van der Waals surface area (Å²) in [6.45, 7) is 1.47. The zero-order valence-electron chi connectivity index (χ0n) is 10.7. The highest BCUT2D eigenvalue weighted by atomic mass is 35.5. The smallest absolute Gasteiger partial charge is 0.308 e. The molecule has 2 aromatic rings. The second-order valence-electron chi connectivity index (χ2n) is 4.05. The summed E-state index contributed by atoms with van der Waals surface area (Å²) in [5.74, 6) is 0.205. The summed E-state index contributed by atoms with van der Waals surface area (Å²) in [7, 11) is 0. The topological polar surface area (TPSA) is 71.1 Å². The fraction of sp³-hybridized carbons (Fsp3) is 0.0714. The van der Waals surface area contributed by atoms with Gasteiger partial charge in [0.2, 0.25) is 0 Å². The van der Waals surface area contributed by atoms with Crippen LogP contribution in [0.3, 0.4) is 0 Å². The number of ketones is 1. The van der Waals surface area contributed by atoms with Crippen LogP contribution in [0, 0.1) is 0 Å². The Hall–Kier alpha value is -2.40. The van der Waals surface area contributed by atoms with Gasteiger partial charge < -0.3 is 5.32 Å². The number of benzene rings is 1. The maximum absolute atomic E-state index is 11.8. The molecule has 1 aromatic heterocycles. The highest BCUT2D eigenvalue weighted by Crippen LogP contribution is 2.18. The molecule has 0 bridgehead atoms. The van der Waals surface area contributed by atoms with Crippen molar-refractivity contribution >= 4 is 34.9 Å². The molecule has 2 N–H and O–H groups in total. The van der Waals surface area contributed by atoms with Crippen molar-refractivity contribution < 1.29 is 9.59 Å². The van der Waals surface area contributed by atoms with E-state index in [9.17, 15) is 9.59 Å². The van der Waals surface area contributed by atoms with Gasteiger partial charge in [0, 0.05) is 17.4 Å². The standard InChI is InChI=1S/C14H12ClN3O2/c1-9(19)10-4-2-5-11(8-10)17-14(20)18-13-12(15)6-3-7-16-13/h2-8H,1H3,(H2,16,17,18,20). The molecular formula is C14H12ClN3O2. The Kier molecular flexibility index (Phi) is 4.32. The van der Waals surface area contributed by atoms with Gasteiger partial charge in [-0.15, -0.1) is 0 Å². The Balaban J connectivity index is 2.07. The van der Waals surface area contributed by atoms with Crippen LogP contribution in [0.25, 0.3) is 0 Å². The van der Waals surface area contributed by atoms with E-state index in [1.165, 1.54) is 13.1 Å². The van der Waals surface area contributed by atoms with Gasteiger partial charge >= 0.3 is 6.03 Å². The monoisotopic (exact) mass is 289 g/mol. The van der Waals surface area contributed by atoms with Crippen molar-refractivity contribution in [2.75, 3.05) is 10.6 Å². The molecule has 0 unspecified atom stereocenters. The van der Waals surface area contributed by atoms with Crippen LogP contribution in [0.5, 0.6) is 0 Å². The van der Waals surface area contributed by atoms with Gasteiger partial charge in [0.25, 0.3) is 0 Å².